The number of urea groups is 1. The van der Waals surface area contributed by atoms with Gasteiger partial charge in [0.15, 0.2) is 0 Å². The zero-order valence-corrected chi connectivity index (χ0v) is 13.0. The molecule has 0 bridgehead atoms. The Bertz CT molecular complexity index is 691. The average Bonchev–Trinajstić information content (AvgIpc) is 2.49. The number of pyridine rings is 1. The normalized spacial score (nSPS) is 9.83. The van der Waals surface area contributed by atoms with Crippen LogP contribution < -0.4 is 15.4 Å². The first kappa shape index (κ1) is 16.6. The van der Waals surface area contributed by atoms with Gasteiger partial charge in [-0.15, -0.1) is 0 Å². The van der Waals surface area contributed by atoms with Gasteiger partial charge in [-0.05, 0) is 43.3 Å². The van der Waals surface area contributed by atoms with Gasteiger partial charge < -0.3 is 14.8 Å². The zero-order valence-electron chi connectivity index (χ0n) is 12.2. The van der Waals surface area contributed by atoms with Gasteiger partial charge in [0.2, 0.25) is 0 Å². The first-order valence-corrected chi connectivity index (χ1v) is 7.09. The summed E-state index contributed by atoms with van der Waals surface area (Å²) in [6.07, 6.45) is 0.706. The quantitative estimate of drug-likeness (QED) is 0.653. The van der Waals surface area contributed by atoms with Crippen LogP contribution in [0.15, 0.2) is 42.6 Å². The van der Waals surface area contributed by atoms with Gasteiger partial charge in [-0.25, -0.2) is 14.6 Å². The predicted octanol–water partition coefficient (Wildman–Crippen LogP) is 3.91. The summed E-state index contributed by atoms with van der Waals surface area (Å²) in [6, 6.07) is 8.89. The maximum Gasteiger partial charge on any atom is 0.513 e. The zero-order chi connectivity index (χ0) is 16.7. The second-order valence-corrected chi connectivity index (χ2v) is 4.68. The topological polar surface area (TPSA) is 89.5 Å². The molecule has 0 saturated heterocycles. The van der Waals surface area contributed by atoms with E-state index in [1.807, 2.05) is 0 Å². The molecule has 0 fully saturated rings. The van der Waals surface area contributed by atoms with Crippen LogP contribution >= 0.6 is 11.6 Å². The molecular formula is C15H14ClN3O4. The molecule has 2 aromatic rings. The highest BCUT2D eigenvalue weighted by Gasteiger charge is 2.07. The number of hydrogen-bond donors (Lipinski definition) is 2. The number of aromatic nitrogens is 1. The van der Waals surface area contributed by atoms with Crippen molar-refractivity contribution in [1.29, 1.82) is 0 Å². The highest BCUT2D eigenvalue weighted by atomic mass is 35.5. The molecule has 2 amide bonds. The van der Waals surface area contributed by atoms with Gasteiger partial charge in [-0.1, -0.05) is 11.6 Å². The molecule has 0 saturated carbocycles. The molecule has 0 aliphatic rings. The summed E-state index contributed by atoms with van der Waals surface area (Å²) >= 11 is 5.81. The number of nitrogens with one attached hydrogen (secondary N) is 2. The van der Waals surface area contributed by atoms with Gasteiger partial charge in [0.25, 0.3) is 0 Å². The second-order valence-electron chi connectivity index (χ2n) is 4.25. The minimum Gasteiger partial charge on any atom is -0.434 e. The van der Waals surface area contributed by atoms with E-state index in [9.17, 15) is 9.59 Å². The molecule has 0 spiro atoms. The third kappa shape index (κ3) is 5.48. The number of rotatable bonds is 4. The molecule has 2 rings (SSSR count). The summed E-state index contributed by atoms with van der Waals surface area (Å²) in [5.41, 5.74) is 0.515. The molecule has 8 heteroatoms. The summed E-state index contributed by atoms with van der Waals surface area (Å²) in [5.74, 6) is 0.642. The maximum atomic E-state index is 11.8. The summed E-state index contributed by atoms with van der Waals surface area (Å²) in [5, 5.41) is 5.62. The molecule has 0 aliphatic carbocycles. The Morgan fingerprint density at radius 2 is 1.91 bits per heavy atom. The van der Waals surface area contributed by atoms with Crippen molar-refractivity contribution in [1.82, 2.24) is 4.98 Å². The van der Waals surface area contributed by atoms with Crippen LogP contribution in [0.4, 0.5) is 21.1 Å². The van der Waals surface area contributed by atoms with Gasteiger partial charge in [-0.2, -0.15) is 0 Å². The number of benzene rings is 1. The third-order valence-electron chi connectivity index (χ3n) is 2.54. The highest BCUT2D eigenvalue weighted by Crippen LogP contribution is 2.17. The molecule has 7 nitrogen and oxygen atoms in total. The molecule has 2 N–H and O–H groups in total. The van der Waals surface area contributed by atoms with Crippen molar-refractivity contribution in [3.63, 3.8) is 0 Å². The lowest BCUT2D eigenvalue weighted by atomic mass is 10.3. The SMILES string of the molecule is CCOC(=O)Oc1ccc(NC(=O)Nc2cc(Cl)ccn2)cc1. The van der Waals surface area contributed by atoms with Crippen LogP contribution in [0.1, 0.15) is 6.92 Å². The monoisotopic (exact) mass is 335 g/mol. The highest BCUT2D eigenvalue weighted by molar-refractivity contribution is 6.30. The van der Waals surface area contributed by atoms with Crippen LogP contribution in [0.5, 0.6) is 5.75 Å². The molecule has 1 heterocycles. The molecular weight excluding hydrogens is 322 g/mol. The first-order chi connectivity index (χ1) is 11.1. The fraction of sp³-hybridized carbons (Fsp3) is 0.133. The van der Waals surface area contributed by atoms with E-state index < -0.39 is 12.2 Å². The van der Waals surface area contributed by atoms with Crippen molar-refractivity contribution in [2.24, 2.45) is 0 Å². The largest absolute Gasteiger partial charge is 0.513 e. The van der Waals surface area contributed by atoms with Crippen molar-refractivity contribution in [3.05, 3.63) is 47.6 Å². The summed E-state index contributed by atoms with van der Waals surface area (Å²) in [7, 11) is 0. The first-order valence-electron chi connectivity index (χ1n) is 6.71. The molecule has 0 atom stereocenters. The number of halogens is 1. The Morgan fingerprint density at radius 3 is 2.57 bits per heavy atom. The molecule has 0 radical (unpaired) electrons. The smallest absolute Gasteiger partial charge is 0.434 e. The fourth-order valence-electron chi connectivity index (χ4n) is 1.60. The molecule has 0 unspecified atom stereocenters. The lowest BCUT2D eigenvalue weighted by Gasteiger charge is -2.08. The molecule has 1 aromatic carbocycles. The van der Waals surface area contributed by atoms with Crippen LogP contribution in [0.25, 0.3) is 0 Å². The predicted molar refractivity (Wildman–Crippen MR) is 86.0 cm³/mol. The Hall–Kier alpha value is -2.80. The van der Waals surface area contributed by atoms with E-state index in [0.29, 0.717) is 22.3 Å². The third-order valence-corrected chi connectivity index (χ3v) is 2.77. The molecule has 23 heavy (non-hydrogen) atoms. The number of carbonyl (C=O) groups is 2. The van der Waals surface area contributed by atoms with Crippen LogP contribution in [0.3, 0.4) is 0 Å². The lowest BCUT2D eigenvalue weighted by Crippen LogP contribution is -2.20. The van der Waals surface area contributed by atoms with Crippen LogP contribution in [0, 0.1) is 0 Å². The Labute approximate surface area is 137 Å². The minimum absolute atomic E-state index is 0.232. The van der Waals surface area contributed by atoms with Crippen molar-refractivity contribution in [2.75, 3.05) is 17.2 Å². The summed E-state index contributed by atoms with van der Waals surface area (Å²) in [6.45, 7) is 1.91. The number of anilines is 2. The maximum absolute atomic E-state index is 11.8. The second kappa shape index (κ2) is 8.00. The van der Waals surface area contributed by atoms with Crippen molar-refractivity contribution in [3.8, 4) is 5.75 Å². The van der Waals surface area contributed by atoms with Gasteiger partial charge in [0.1, 0.15) is 11.6 Å². The number of amides is 2. The van der Waals surface area contributed by atoms with E-state index in [1.54, 1.807) is 25.1 Å². The summed E-state index contributed by atoms with van der Waals surface area (Å²) in [4.78, 5) is 27.0. The van der Waals surface area contributed by atoms with Crippen molar-refractivity contribution >= 4 is 35.3 Å². The fourth-order valence-corrected chi connectivity index (χ4v) is 1.76. The van der Waals surface area contributed by atoms with Crippen LogP contribution in [-0.2, 0) is 4.74 Å². The number of hydrogen-bond acceptors (Lipinski definition) is 5. The van der Waals surface area contributed by atoms with Crippen LogP contribution in [-0.4, -0.2) is 23.8 Å². The van der Waals surface area contributed by atoms with E-state index in [2.05, 4.69) is 20.4 Å². The standard InChI is InChI=1S/C15H14ClN3O4/c1-2-22-15(21)23-12-5-3-11(4-6-12)18-14(20)19-13-9-10(16)7-8-17-13/h3-9H,2H2,1H3,(H2,17,18,19,20). The minimum atomic E-state index is -0.780. The number of carbonyl (C=O) groups excluding carboxylic acids is 2. The number of ether oxygens (including phenoxy) is 2. The number of nitrogens with zero attached hydrogens (tertiary/aromatic N) is 1. The van der Waals surface area contributed by atoms with Gasteiger partial charge in [0.05, 0.1) is 6.61 Å². The van der Waals surface area contributed by atoms with E-state index in [0.717, 1.165) is 0 Å². The van der Waals surface area contributed by atoms with E-state index in [1.165, 1.54) is 24.4 Å². The Morgan fingerprint density at radius 1 is 1.17 bits per heavy atom. The van der Waals surface area contributed by atoms with Gasteiger partial charge >= 0.3 is 12.2 Å². The van der Waals surface area contributed by atoms with Gasteiger partial charge in [-0.3, -0.25) is 5.32 Å². The molecule has 0 aliphatic heterocycles. The van der Waals surface area contributed by atoms with E-state index in [-0.39, 0.29) is 6.61 Å². The van der Waals surface area contributed by atoms with Crippen molar-refractivity contribution in [2.45, 2.75) is 6.92 Å². The Kier molecular flexibility index (Phi) is 5.76. The van der Waals surface area contributed by atoms with Crippen LogP contribution in [0.2, 0.25) is 5.02 Å². The molecule has 1 aromatic heterocycles. The van der Waals surface area contributed by atoms with E-state index in [4.69, 9.17) is 16.3 Å². The van der Waals surface area contributed by atoms with Gasteiger partial charge in [0, 0.05) is 16.9 Å². The van der Waals surface area contributed by atoms with E-state index >= 15 is 0 Å². The lowest BCUT2D eigenvalue weighted by molar-refractivity contribution is 0.104. The van der Waals surface area contributed by atoms with Crippen molar-refractivity contribution < 1.29 is 19.1 Å². The Balaban J connectivity index is 1.90. The molecule has 120 valence electrons. The summed E-state index contributed by atoms with van der Waals surface area (Å²) < 4.78 is 9.57. The average molecular weight is 336 g/mol.